The monoisotopic (exact) mass is 225 g/mol. The molecule has 0 heterocycles. The van der Waals surface area contributed by atoms with E-state index in [0.717, 1.165) is 0 Å². The Labute approximate surface area is 93.9 Å². The molecule has 1 rings (SSSR count). The molecule has 0 unspecified atom stereocenters. The molecule has 1 aliphatic rings. The van der Waals surface area contributed by atoms with Gasteiger partial charge in [-0.2, -0.15) is 0 Å². The van der Waals surface area contributed by atoms with Gasteiger partial charge in [-0.05, 0) is 30.7 Å². The number of nitrogens with zero attached hydrogens (tertiary/aromatic N) is 1. The Bertz CT molecular complexity index is 356. The number of rotatable bonds is 3. The first-order valence-electron chi connectivity index (χ1n) is 5.08. The summed E-state index contributed by atoms with van der Waals surface area (Å²) in [5, 5.41) is 10.8. The van der Waals surface area contributed by atoms with E-state index in [4.69, 9.17) is 4.74 Å². The average Bonchev–Trinajstić information content (AvgIpc) is 2.21. The minimum atomic E-state index is -1.21. The van der Waals surface area contributed by atoms with Crippen molar-refractivity contribution in [3.8, 4) is 0 Å². The molecule has 16 heavy (non-hydrogen) atoms. The summed E-state index contributed by atoms with van der Waals surface area (Å²) in [4.78, 5) is 21.4. The minimum absolute atomic E-state index is 0.382. The maximum Gasteiger partial charge on any atom is 0.303 e. The SMILES string of the molecule is CCC1(OC(C)=O)C=CC(C)([N+](=O)[O-])C=C1. The van der Waals surface area contributed by atoms with Crippen LogP contribution in [0.25, 0.3) is 0 Å². The number of carbonyl (C=O) groups is 1. The van der Waals surface area contributed by atoms with Gasteiger partial charge < -0.3 is 4.74 Å². The van der Waals surface area contributed by atoms with E-state index in [2.05, 4.69) is 0 Å². The van der Waals surface area contributed by atoms with Gasteiger partial charge in [0.1, 0.15) is 5.60 Å². The largest absolute Gasteiger partial charge is 0.451 e. The van der Waals surface area contributed by atoms with Gasteiger partial charge in [0.15, 0.2) is 0 Å². The van der Waals surface area contributed by atoms with Crippen molar-refractivity contribution >= 4 is 5.97 Å². The van der Waals surface area contributed by atoms with E-state index in [1.54, 1.807) is 12.2 Å². The van der Waals surface area contributed by atoms with Crippen molar-refractivity contribution in [3.63, 3.8) is 0 Å². The van der Waals surface area contributed by atoms with Crippen LogP contribution < -0.4 is 0 Å². The van der Waals surface area contributed by atoms with Gasteiger partial charge in [-0.1, -0.05) is 6.92 Å². The van der Waals surface area contributed by atoms with Gasteiger partial charge in [-0.25, -0.2) is 0 Å². The summed E-state index contributed by atoms with van der Waals surface area (Å²) in [7, 11) is 0. The van der Waals surface area contributed by atoms with E-state index >= 15 is 0 Å². The molecule has 5 heteroatoms. The molecule has 0 radical (unpaired) electrons. The predicted molar refractivity (Wildman–Crippen MR) is 58.5 cm³/mol. The summed E-state index contributed by atoms with van der Waals surface area (Å²) in [5.41, 5.74) is -2.04. The maximum atomic E-state index is 10.9. The van der Waals surface area contributed by atoms with E-state index in [9.17, 15) is 14.9 Å². The molecule has 0 aromatic carbocycles. The van der Waals surface area contributed by atoms with Gasteiger partial charge in [0, 0.05) is 18.8 Å². The zero-order valence-electron chi connectivity index (χ0n) is 9.60. The average molecular weight is 225 g/mol. The summed E-state index contributed by atoms with van der Waals surface area (Å²) in [5.74, 6) is -0.402. The van der Waals surface area contributed by atoms with Crippen molar-refractivity contribution in [1.29, 1.82) is 0 Å². The van der Waals surface area contributed by atoms with Gasteiger partial charge in [0.2, 0.25) is 0 Å². The van der Waals surface area contributed by atoms with Crippen molar-refractivity contribution in [3.05, 3.63) is 34.4 Å². The lowest BCUT2D eigenvalue weighted by atomic mass is 9.87. The summed E-state index contributed by atoms with van der Waals surface area (Å²) >= 11 is 0. The zero-order chi connectivity index (χ0) is 12.4. The molecule has 0 amide bonds. The fourth-order valence-corrected chi connectivity index (χ4v) is 1.50. The van der Waals surface area contributed by atoms with E-state index in [0.29, 0.717) is 6.42 Å². The van der Waals surface area contributed by atoms with Crippen molar-refractivity contribution < 1.29 is 14.5 Å². The Balaban J connectivity index is 2.96. The lowest BCUT2D eigenvalue weighted by Crippen LogP contribution is -2.38. The lowest BCUT2D eigenvalue weighted by molar-refractivity contribution is -0.536. The van der Waals surface area contributed by atoms with Crippen LogP contribution in [0.15, 0.2) is 24.3 Å². The Kier molecular flexibility index (Phi) is 3.16. The van der Waals surface area contributed by atoms with Crippen LogP contribution in [0.3, 0.4) is 0 Å². The second kappa shape index (κ2) is 4.08. The molecule has 0 N–H and O–H groups in total. The third kappa shape index (κ3) is 2.29. The van der Waals surface area contributed by atoms with Crippen LogP contribution in [-0.4, -0.2) is 22.0 Å². The highest BCUT2D eigenvalue weighted by Gasteiger charge is 2.38. The molecule has 0 saturated heterocycles. The van der Waals surface area contributed by atoms with E-state index in [1.165, 1.54) is 26.0 Å². The molecule has 0 fully saturated rings. The van der Waals surface area contributed by atoms with Crippen molar-refractivity contribution in [1.82, 2.24) is 0 Å². The second-order valence-electron chi connectivity index (χ2n) is 4.05. The van der Waals surface area contributed by atoms with Crippen molar-refractivity contribution in [2.45, 2.75) is 38.3 Å². The normalized spacial score (nSPS) is 32.4. The second-order valence-corrected chi connectivity index (χ2v) is 4.05. The highest BCUT2D eigenvalue weighted by Crippen LogP contribution is 2.29. The molecule has 0 aromatic rings. The first-order valence-corrected chi connectivity index (χ1v) is 5.08. The molecule has 0 saturated carbocycles. The molecule has 0 bridgehead atoms. The summed E-state index contributed by atoms with van der Waals surface area (Å²) in [6.45, 7) is 4.67. The molecule has 88 valence electrons. The fraction of sp³-hybridized carbons (Fsp3) is 0.545. The molecule has 5 nitrogen and oxygen atoms in total. The van der Waals surface area contributed by atoms with Gasteiger partial charge in [-0.15, -0.1) is 0 Å². The molecular formula is C11H15NO4. The summed E-state index contributed by atoms with van der Waals surface area (Å²) in [6.07, 6.45) is 6.63. The first-order chi connectivity index (χ1) is 7.33. The van der Waals surface area contributed by atoms with E-state index in [-0.39, 0.29) is 4.92 Å². The van der Waals surface area contributed by atoms with Crippen LogP contribution in [0.1, 0.15) is 27.2 Å². The quantitative estimate of drug-likeness (QED) is 0.318. The maximum absolute atomic E-state index is 10.9. The summed E-state index contributed by atoms with van der Waals surface area (Å²) < 4.78 is 5.17. The molecule has 1 aliphatic carbocycles. The zero-order valence-corrected chi connectivity index (χ0v) is 9.60. The molecular weight excluding hydrogens is 210 g/mol. The van der Waals surface area contributed by atoms with Crippen LogP contribution >= 0.6 is 0 Å². The molecule has 0 aliphatic heterocycles. The van der Waals surface area contributed by atoms with Crippen LogP contribution in [0.5, 0.6) is 0 Å². The van der Waals surface area contributed by atoms with Crippen LogP contribution in [0.2, 0.25) is 0 Å². The molecule has 0 aromatic heterocycles. The Morgan fingerprint density at radius 3 is 2.19 bits per heavy atom. The fourth-order valence-electron chi connectivity index (χ4n) is 1.50. The van der Waals surface area contributed by atoms with Gasteiger partial charge >= 0.3 is 5.97 Å². The van der Waals surface area contributed by atoms with Crippen molar-refractivity contribution in [2.75, 3.05) is 0 Å². The number of hydrogen-bond donors (Lipinski definition) is 0. The Hall–Kier alpha value is -1.65. The highest BCUT2D eigenvalue weighted by molar-refractivity contribution is 5.67. The first kappa shape index (κ1) is 12.4. The Morgan fingerprint density at radius 2 is 1.88 bits per heavy atom. The predicted octanol–water partition coefficient (Wildman–Crippen LogP) is 1.86. The topological polar surface area (TPSA) is 69.4 Å². The van der Waals surface area contributed by atoms with Gasteiger partial charge in [0.25, 0.3) is 5.54 Å². The third-order valence-corrected chi connectivity index (χ3v) is 2.69. The van der Waals surface area contributed by atoms with E-state index in [1.807, 2.05) is 6.92 Å². The number of esters is 1. The number of hydrogen-bond acceptors (Lipinski definition) is 4. The lowest BCUT2D eigenvalue weighted by Gasteiger charge is -2.30. The minimum Gasteiger partial charge on any atom is -0.451 e. The summed E-state index contributed by atoms with van der Waals surface area (Å²) in [6, 6.07) is 0. The van der Waals surface area contributed by atoms with E-state index < -0.39 is 17.1 Å². The smallest absolute Gasteiger partial charge is 0.303 e. The molecule has 0 spiro atoms. The Morgan fingerprint density at radius 1 is 1.38 bits per heavy atom. The third-order valence-electron chi connectivity index (χ3n) is 2.69. The highest BCUT2D eigenvalue weighted by atomic mass is 16.6. The molecule has 0 atom stereocenters. The van der Waals surface area contributed by atoms with Crippen LogP contribution in [-0.2, 0) is 9.53 Å². The van der Waals surface area contributed by atoms with Gasteiger partial charge in [-0.3, -0.25) is 14.9 Å². The number of ether oxygens (including phenoxy) is 1. The number of nitro groups is 1. The van der Waals surface area contributed by atoms with Crippen LogP contribution in [0.4, 0.5) is 0 Å². The van der Waals surface area contributed by atoms with Gasteiger partial charge in [0.05, 0.1) is 0 Å². The van der Waals surface area contributed by atoms with Crippen LogP contribution in [0, 0.1) is 10.1 Å². The van der Waals surface area contributed by atoms with Crippen molar-refractivity contribution in [2.24, 2.45) is 0 Å². The number of carbonyl (C=O) groups excluding carboxylic acids is 1. The standard InChI is InChI=1S/C11H15NO4/c1-4-11(16-9(2)13)7-5-10(3,6-8-11)12(14)15/h5-8H,4H2,1-3H3.